The Hall–Kier alpha value is -4.73. The Bertz CT molecular complexity index is 1670. The van der Waals surface area contributed by atoms with Gasteiger partial charge in [0.15, 0.2) is 0 Å². The minimum atomic E-state index is -4.74. The summed E-state index contributed by atoms with van der Waals surface area (Å²) in [6.45, 7) is 1.89. The maximum absolute atomic E-state index is 12.4. The second-order valence-electron chi connectivity index (χ2n) is 8.31. The monoisotopic (exact) mass is 503 g/mol. The highest BCUT2D eigenvalue weighted by Gasteiger charge is 2.31. The number of rotatable bonds is 4. The summed E-state index contributed by atoms with van der Waals surface area (Å²) in [6.07, 6.45) is 2.98. The van der Waals surface area contributed by atoms with Gasteiger partial charge in [0.1, 0.15) is 12.1 Å². The number of amides is 2. The summed E-state index contributed by atoms with van der Waals surface area (Å²) in [6, 6.07) is 16.3. The lowest BCUT2D eigenvalue weighted by molar-refractivity contribution is -0.274. The summed E-state index contributed by atoms with van der Waals surface area (Å²) in [5.41, 5.74) is 4.72. The van der Waals surface area contributed by atoms with Crippen LogP contribution in [-0.2, 0) is 0 Å². The molecule has 4 aromatic rings. The van der Waals surface area contributed by atoms with E-state index in [1.165, 1.54) is 12.1 Å². The van der Waals surface area contributed by atoms with Crippen molar-refractivity contribution in [3.63, 3.8) is 0 Å². The molecule has 0 atom stereocenters. The highest BCUT2D eigenvalue weighted by molar-refractivity contribution is 5.90. The summed E-state index contributed by atoms with van der Waals surface area (Å²) in [4.78, 5) is 16.6. The Labute approximate surface area is 208 Å². The van der Waals surface area contributed by atoms with E-state index in [2.05, 4.69) is 25.3 Å². The van der Waals surface area contributed by atoms with Gasteiger partial charge >= 0.3 is 12.4 Å². The van der Waals surface area contributed by atoms with Crippen molar-refractivity contribution < 1.29 is 22.7 Å². The van der Waals surface area contributed by atoms with Gasteiger partial charge < -0.3 is 10.1 Å². The van der Waals surface area contributed by atoms with Gasteiger partial charge in [-0.15, -0.1) is 13.2 Å². The third-order valence-electron chi connectivity index (χ3n) is 5.78. The molecule has 5 rings (SSSR count). The van der Waals surface area contributed by atoms with E-state index in [4.69, 9.17) is 0 Å². The van der Waals surface area contributed by atoms with E-state index in [1.807, 2.05) is 49.4 Å². The van der Waals surface area contributed by atoms with E-state index in [1.54, 1.807) is 35.3 Å². The molecular formula is C27H20F3N5O2. The predicted molar refractivity (Wildman–Crippen MR) is 134 cm³/mol. The molecule has 1 aliphatic carbocycles. The fraction of sp³-hybridized carbons (Fsp3) is 0.111. The van der Waals surface area contributed by atoms with Crippen molar-refractivity contribution in [2.45, 2.75) is 19.7 Å². The van der Waals surface area contributed by atoms with Gasteiger partial charge in [-0.3, -0.25) is 4.57 Å². The van der Waals surface area contributed by atoms with Crippen LogP contribution in [0.25, 0.3) is 28.9 Å². The van der Waals surface area contributed by atoms with E-state index in [0.29, 0.717) is 17.8 Å². The van der Waals surface area contributed by atoms with Crippen molar-refractivity contribution >= 4 is 34.9 Å². The van der Waals surface area contributed by atoms with Crippen molar-refractivity contribution in [1.29, 1.82) is 0 Å². The van der Waals surface area contributed by atoms with Crippen molar-refractivity contribution in [3.05, 3.63) is 94.8 Å². The summed E-state index contributed by atoms with van der Waals surface area (Å²) >= 11 is 0. The maximum Gasteiger partial charge on any atom is 0.573 e. The number of imidazole rings is 1. The van der Waals surface area contributed by atoms with Crippen LogP contribution in [0.4, 0.5) is 23.7 Å². The number of azo groups is 1. The zero-order chi connectivity index (χ0) is 26.0. The quantitative estimate of drug-likeness (QED) is 0.359. The van der Waals surface area contributed by atoms with Gasteiger partial charge in [0, 0.05) is 16.6 Å². The second kappa shape index (κ2) is 9.73. The number of fused-ring (bicyclic) bond motifs is 3. The Morgan fingerprint density at radius 2 is 1.89 bits per heavy atom. The third-order valence-corrected chi connectivity index (χ3v) is 5.78. The molecule has 0 aliphatic heterocycles. The Balaban J connectivity index is 1.35. The minimum absolute atomic E-state index is 0.287. The van der Waals surface area contributed by atoms with Crippen molar-refractivity contribution in [2.24, 2.45) is 10.2 Å². The number of nitrogens with zero attached hydrogens (tertiary/aromatic N) is 4. The largest absolute Gasteiger partial charge is 0.573 e. The van der Waals surface area contributed by atoms with Gasteiger partial charge in [-0.1, -0.05) is 35.5 Å². The molecule has 1 N–H and O–H groups in total. The molecule has 37 heavy (non-hydrogen) atoms. The number of ether oxygens (including phenoxy) is 1. The zero-order valence-corrected chi connectivity index (χ0v) is 19.5. The van der Waals surface area contributed by atoms with Crippen LogP contribution in [0.3, 0.4) is 0 Å². The van der Waals surface area contributed by atoms with E-state index in [9.17, 15) is 18.0 Å². The van der Waals surface area contributed by atoms with Crippen LogP contribution in [0.5, 0.6) is 5.75 Å². The standard InChI is InChI=1S/C27H20F3N5O2/c1-17-4-2-3-5-23(17)33-26(36)34-32-15-18-6-12-22-19(14-18)7-13-24-25(22)31-16-35(24)20-8-10-21(11-9-20)37-27(28,29)30/h2-5,7-16H,6H2,1H3,(H,33,36)/b18-15+,34-32-. The van der Waals surface area contributed by atoms with Gasteiger partial charge in [0.2, 0.25) is 0 Å². The summed E-state index contributed by atoms with van der Waals surface area (Å²) in [5.74, 6) is -0.287. The molecule has 0 spiro atoms. The smallest absolute Gasteiger partial charge is 0.406 e. The average molecular weight is 503 g/mol. The number of anilines is 1. The van der Waals surface area contributed by atoms with E-state index >= 15 is 0 Å². The number of alkyl halides is 3. The van der Waals surface area contributed by atoms with E-state index < -0.39 is 12.4 Å². The summed E-state index contributed by atoms with van der Waals surface area (Å²) < 4.78 is 43.0. The average Bonchev–Trinajstić information content (AvgIpc) is 3.29. The molecule has 0 saturated heterocycles. The number of nitrogens with one attached hydrogen (secondary N) is 1. The fourth-order valence-corrected chi connectivity index (χ4v) is 4.05. The number of urea groups is 1. The molecule has 0 radical (unpaired) electrons. The lowest BCUT2D eigenvalue weighted by atomic mass is 10.0. The Morgan fingerprint density at radius 3 is 2.65 bits per heavy atom. The molecule has 0 fully saturated rings. The maximum atomic E-state index is 12.4. The Morgan fingerprint density at radius 1 is 1.11 bits per heavy atom. The number of halogens is 3. The Kier molecular flexibility index (Phi) is 6.31. The fourth-order valence-electron chi connectivity index (χ4n) is 4.05. The third kappa shape index (κ3) is 5.43. The highest BCUT2D eigenvalue weighted by atomic mass is 19.4. The van der Waals surface area contributed by atoms with Crippen LogP contribution in [-0.4, -0.2) is 21.9 Å². The normalized spacial score (nSPS) is 14.3. The molecule has 1 aromatic heterocycles. The number of allylic oxidation sites excluding steroid dienone is 1. The van der Waals surface area contributed by atoms with Crippen LogP contribution < -0.4 is 20.5 Å². The predicted octanol–water partition coefficient (Wildman–Crippen LogP) is 5.77. The molecule has 1 aliphatic rings. The number of aromatic nitrogens is 2. The molecule has 0 saturated carbocycles. The van der Waals surface area contributed by atoms with Crippen molar-refractivity contribution in [3.8, 4) is 11.4 Å². The number of aryl methyl sites for hydroxylation is 1. The van der Waals surface area contributed by atoms with Gasteiger partial charge in [0.25, 0.3) is 0 Å². The number of benzene rings is 3. The second-order valence-corrected chi connectivity index (χ2v) is 8.31. The molecule has 0 bridgehead atoms. The summed E-state index contributed by atoms with van der Waals surface area (Å²) in [5, 5.41) is 12.2. The van der Waals surface area contributed by atoms with Gasteiger partial charge in [-0.05, 0) is 72.2 Å². The lowest BCUT2D eigenvalue weighted by Gasteiger charge is -2.10. The van der Waals surface area contributed by atoms with E-state index in [-0.39, 0.29) is 5.75 Å². The zero-order valence-electron chi connectivity index (χ0n) is 19.5. The molecule has 3 aromatic carbocycles. The van der Waals surface area contributed by atoms with Crippen molar-refractivity contribution in [1.82, 2.24) is 9.55 Å². The van der Waals surface area contributed by atoms with Crippen LogP contribution in [0.1, 0.15) is 12.0 Å². The van der Waals surface area contributed by atoms with Crippen LogP contribution in [0, 0.1) is 6.92 Å². The first-order valence-corrected chi connectivity index (χ1v) is 11.3. The first-order chi connectivity index (χ1) is 17.8. The lowest BCUT2D eigenvalue weighted by Crippen LogP contribution is -2.28. The highest BCUT2D eigenvalue weighted by Crippen LogP contribution is 2.25. The molecule has 186 valence electrons. The van der Waals surface area contributed by atoms with Gasteiger partial charge in [-0.25, -0.2) is 9.78 Å². The summed E-state index contributed by atoms with van der Waals surface area (Å²) in [7, 11) is 0. The SMILES string of the molecule is Cc1ccccc1NC(=O)/N=N\C=C1\C=c2ccc3c(ncn3-c3ccc(OC(F)(F)F)cc3)c2=CC1. The molecule has 1 heterocycles. The molecule has 2 amide bonds. The number of hydrogen-bond donors (Lipinski definition) is 1. The number of carbonyl (C=O) groups excluding carboxylic acids is 1. The van der Waals surface area contributed by atoms with Crippen LogP contribution >= 0.6 is 0 Å². The molecule has 10 heteroatoms. The van der Waals surface area contributed by atoms with Crippen molar-refractivity contribution in [2.75, 3.05) is 5.32 Å². The first kappa shape index (κ1) is 24.0. The molecule has 7 nitrogen and oxygen atoms in total. The van der Waals surface area contributed by atoms with Gasteiger partial charge in [-0.2, -0.15) is 5.11 Å². The molecule has 0 unspecified atom stereocenters. The van der Waals surface area contributed by atoms with Crippen LogP contribution in [0.15, 0.2) is 89.0 Å². The first-order valence-electron chi connectivity index (χ1n) is 11.3. The van der Waals surface area contributed by atoms with E-state index in [0.717, 1.165) is 32.6 Å². The number of hydrogen-bond acceptors (Lipinski definition) is 4. The van der Waals surface area contributed by atoms with Gasteiger partial charge in [0.05, 0.1) is 17.2 Å². The number of carbonyl (C=O) groups is 1. The van der Waals surface area contributed by atoms with Crippen LogP contribution in [0.2, 0.25) is 0 Å². The number of para-hydroxylation sites is 1. The minimum Gasteiger partial charge on any atom is -0.406 e. The molecular weight excluding hydrogens is 483 g/mol. The topological polar surface area (TPSA) is 80.9 Å².